The third-order valence-electron chi connectivity index (χ3n) is 3.92. The van der Waals surface area contributed by atoms with Crippen LogP contribution in [-0.4, -0.2) is 54.6 Å². The average molecular weight is 345 g/mol. The van der Waals surface area contributed by atoms with E-state index in [1.54, 1.807) is 23.3 Å². The number of hydrogen-bond acceptors (Lipinski definition) is 4. The van der Waals surface area contributed by atoms with Crippen LogP contribution in [0.1, 0.15) is 28.6 Å². The third-order valence-corrected chi connectivity index (χ3v) is 4.82. The first-order valence-corrected chi connectivity index (χ1v) is 8.28. The molecule has 1 amide bonds. The SMILES string of the molecule is CCN(C[C@H]1CCN(C(=O)c2sccc2C#N)C1)CC(F)(F)F. The van der Waals surface area contributed by atoms with Gasteiger partial charge < -0.3 is 4.90 Å². The maximum atomic E-state index is 12.5. The van der Waals surface area contributed by atoms with E-state index in [4.69, 9.17) is 5.26 Å². The number of carbonyl (C=O) groups excluding carboxylic acids is 1. The van der Waals surface area contributed by atoms with Crippen LogP contribution in [0, 0.1) is 17.2 Å². The Bertz CT molecular complexity index is 594. The number of amides is 1. The van der Waals surface area contributed by atoms with Crippen molar-refractivity contribution in [1.82, 2.24) is 9.80 Å². The molecule has 1 aromatic rings. The third kappa shape index (κ3) is 4.69. The molecule has 1 atom stereocenters. The Morgan fingerprint density at radius 2 is 2.30 bits per heavy atom. The number of rotatable bonds is 5. The van der Waals surface area contributed by atoms with Crippen molar-refractivity contribution in [3.05, 3.63) is 21.9 Å². The molecule has 0 aliphatic carbocycles. The lowest BCUT2D eigenvalue weighted by Gasteiger charge is -2.25. The van der Waals surface area contributed by atoms with Gasteiger partial charge in [0, 0.05) is 19.6 Å². The first-order chi connectivity index (χ1) is 10.8. The summed E-state index contributed by atoms with van der Waals surface area (Å²) >= 11 is 1.22. The monoisotopic (exact) mass is 345 g/mol. The summed E-state index contributed by atoms with van der Waals surface area (Å²) in [6.45, 7) is 2.40. The standard InChI is InChI=1S/C15H18F3N3OS/c1-2-20(10-15(16,17)18)8-11-3-5-21(9-11)14(22)13-12(7-19)4-6-23-13/h4,6,11H,2-3,5,8-10H2,1H3/t11-/m1/s1. The first-order valence-electron chi connectivity index (χ1n) is 7.40. The van der Waals surface area contributed by atoms with Gasteiger partial charge in [-0.05, 0) is 30.3 Å². The topological polar surface area (TPSA) is 47.3 Å². The molecule has 0 saturated carbocycles. The highest BCUT2D eigenvalue weighted by molar-refractivity contribution is 7.12. The molecular formula is C15H18F3N3OS. The highest BCUT2D eigenvalue weighted by atomic mass is 32.1. The summed E-state index contributed by atoms with van der Waals surface area (Å²) < 4.78 is 37.5. The van der Waals surface area contributed by atoms with Gasteiger partial charge in [-0.25, -0.2) is 0 Å². The minimum absolute atomic E-state index is 0.0340. The summed E-state index contributed by atoms with van der Waals surface area (Å²) in [5.41, 5.74) is 0.357. The zero-order valence-corrected chi connectivity index (χ0v) is 13.6. The van der Waals surface area contributed by atoms with Gasteiger partial charge in [0.05, 0.1) is 12.1 Å². The quantitative estimate of drug-likeness (QED) is 0.824. The number of alkyl halides is 3. The minimum Gasteiger partial charge on any atom is -0.338 e. The number of likely N-dealkylation sites (tertiary alicyclic amines) is 1. The number of nitrogens with zero attached hydrogens (tertiary/aromatic N) is 3. The average Bonchev–Trinajstić information content (AvgIpc) is 3.13. The van der Waals surface area contributed by atoms with Crippen LogP contribution in [-0.2, 0) is 0 Å². The van der Waals surface area contributed by atoms with Crippen LogP contribution in [0.15, 0.2) is 11.4 Å². The molecule has 2 heterocycles. The van der Waals surface area contributed by atoms with Gasteiger partial charge in [-0.3, -0.25) is 9.69 Å². The molecule has 126 valence electrons. The summed E-state index contributed by atoms with van der Waals surface area (Å²) in [7, 11) is 0. The van der Waals surface area contributed by atoms with Gasteiger partial charge in [-0.15, -0.1) is 11.3 Å². The van der Waals surface area contributed by atoms with Gasteiger partial charge in [-0.1, -0.05) is 6.92 Å². The van der Waals surface area contributed by atoms with Gasteiger partial charge in [-0.2, -0.15) is 18.4 Å². The largest absolute Gasteiger partial charge is 0.401 e. The van der Waals surface area contributed by atoms with Crippen molar-refractivity contribution in [1.29, 1.82) is 5.26 Å². The Balaban J connectivity index is 1.93. The van der Waals surface area contributed by atoms with Crippen LogP contribution in [0.4, 0.5) is 13.2 Å². The van der Waals surface area contributed by atoms with Crippen molar-refractivity contribution in [2.75, 3.05) is 32.7 Å². The zero-order valence-electron chi connectivity index (χ0n) is 12.8. The first kappa shape index (κ1) is 17.8. The van der Waals surface area contributed by atoms with Crippen LogP contribution in [0.2, 0.25) is 0 Å². The zero-order chi connectivity index (χ0) is 17.0. The smallest absolute Gasteiger partial charge is 0.338 e. The molecule has 0 aromatic carbocycles. The normalized spacial score (nSPS) is 18.4. The fraction of sp³-hybridized carbons (Fsp3) is 0.600. The van der Waals surface area contributed by atoms with Crippen molar-refractivity contribution >= 4 is 17.2 Å². The Morgan fingerprint density at radius 1 is 1.57 bits per heavy atom. The molecule has 0 radical (unpaired) electrons. The lowest BCUT2D eigenvalue weighted by atomic mass is 10.1. The maximum absolute atomic E-state index is 12.5. The molecule has 0 N–H and O–H groups in total. The van der Waals surface area contributed by atoms with E-state index >= 15 is 0 Å². The van der Waals surface area contributed by atoms with Gasteiger partial charge in [0.15, 0.2) is 0 Å². The van der Waals surface area contributed by atoms with Crippen LogP contribution in [0.25, 0.3) is 0 Å². The molecule has 1 saturated heterocycles. The van der Waals surface area contributed by atoms with Crippen molar-refractivity contribution < 1.29 is 18.0 Å². The predicted octanol–water partition coefficient (Wildman–Crippen LogP) is 2.97. The molecule has 1 fully saturated rings. The number of hydrogen-bond donors (Lipinski definition) is 0. The fourth-order valence-corrected chi connectivity index (χ4v) is 3.61. The maximum Gasteiger partial charge on any atom is 0.401 e. The molecule has 1 aliphatic rings. The second-order valence-electron chi connectivity index (χ2n) is 5.62. The van der Waals surface area contributed by atoms with E-state index in [1.807, 2.05) is 6.07 Å². The molecule has 1 aliphatic heterocycles. The van der Waals surface area contributed by atoms with E-state index in [2.05, 4.69) is 0 Å². The number of carbonyl (C=O) groups is 1. The lowest BCUT2D eigenvalue weighted by molar-refractivity contribution is -0.146. The molecule has 4 nitrogen and oxygen atoms in total. The second kappa shape index (κ2) is 7.32. The van der Waals surface area contributed by atoms with Crippen molar-refractivity contribution in [2.45, 2.75) is 19.5 Å². The molecular weight excluding hydrogens is 327 g/mol. The van der Waals surface area contributed by atoms with E-state index in [0.717, 1.165) is 0 Å². The summed E-state index contributed by atoms with van der Waals surface area (Å²) in [4.78, 5) is 15.8. The summed E-state index contributed by atoms with van der Waals surface area (Å²) in [5, 5.41) is 10.7. The Hall–Kier alpha value is -1.59. The highest BCUT2D eigenvalue weighted by Gasteiger charge is 2.34. The molecule has 0 spiro atoms. The molecule has 2 rings (SSSR count). The van der Waals surface area contributed by atoms with Gasteiger partial charge in [0.2, 0.25) is 0 Å². The predicted molar refractivity (Wildman–Crippen MR) is 81.2 cm³/mol. The fourth-order valence-electron chi connectivity index (χ4n) is 2.80. The van der Waals surface area contributed by atoms with Gasteiger partial charge in [0.25, 0.3) is 5.91 Å². The number of nitriles is 1. The number of halogens is 3. The van der Waals surface area contributed by atoms with Crippen LogP contribution >= 0.6 is 11.3 Å². The van der Waals surface area contributed by atoms with Crippen LogP contribution in [0.3, 0.4) is 0 Å². The highest BCUT2D eigenvalue weighted by Crippen LogP contribution is 2.25. The molecule has 0 bridgehead atoms. The summed E-state index contributed by atoms with van der Waals surface area (Å²) in [6.07, 6.45) is -3.52. The summed E-state index contributed by atoms with van der Waals surface area (Å²) in [6, 6.07) is 3.59. The van der Waals surface area contributed by atoms with Crippen molar-refractivity contribution in [2.24, 2.45) is 5.92 Å². The minimum atomic E-state index is -4.21. The Labute approximate surface area is 137 Å². The van der Waals surface area contributed by atoms with Gasteiger partial charge in [0.1, 0.15) is 10.9 Å². The summed E-state index contributed by atoms with van der Waals surface area (Å²) in [5.74, 6) is -0.162. The van der Waals surface area contributed by atoms with E-state index in [0.29, 0.717) is 43.0 Å². The van der Waals surface area contributed by atoms with E-state index in [1.165, 1.54) is 16.2 Å². The Morgan fingerprint density at radius 3 is 2.91 bits per heavy atom. The molecule has 23 heavy (non-hydrogen) atoms. The lowest BCUT2D eigenvalue weighted by Crippen LogP contribution is -2.38. The second-order valence-corrected chi connectivity index (χ2v) is 6.54. The molecule has 1 aromatic heterocycles. The molecule has 8 heteroatoms. The molecule has 0 unspecified atom stereocenters. The van der Waals surface area contributed by atoms with Gasteiger partial charge >= 0.3 is 6.18 Å². The van der Waals surface area contributed by atoms with Crippen LogP contribution < -0.4 is 0 Å². The van der Waals surface area contributed by atoms with Crippen LogP contribution in [0.5, 0.6) is 0 Å². The van der Waals surface area contributed by atoms with Crippen molar-refractivity contribution in [3.8, 4) is 6.07 Å². The van der Waals surface area contributed by atoms with E-state index < -0.39 is 12.7 Å². The van der Waals surface area contributed by atoms with E-state index in [9.17, 15) is 18.0 Å². The Kier molecular flexibility index (Phi) is 5.65. The number of thiophene rings is 1. The van der Waals surface area contributed by atoms with Crippen molar-refractivity contribution in [3.63, 3.8) is 0 Å². The van der Waals surface area contributed by atoms with E-state index in [-0.39, 0.29) is 11.8 Å².